The highest BCUT2D eigenvalue weighted by atomic mass is 16.7. The highest BCUT2D eigenvalue weighted by Gasteiger charge is 2.51. The second-order valence-corrected chi connectivity index (χ2v) is 25.7. The van der Waals surface area contributed by atoms with Crippen molar-refractivity contribution in [2.45, 2.75) is 370 Å². The van der Waals surface area contributed by atoms with Gasteiger partial charge in [0.05, 0.1) is 32.0 Å². The Hall–Kier alpha value is -2.83. The Morgan fingerprint density at radius 3 is 1.18 bits per heavy atom. The maximum absolute atomic E-state index is 13.3. The largest absolute Gasteiger partial charge is 0.394 e. The highest BCUT2D eigenvalue weighted by Crippen LogP contribution is 2.30. The van der Waals surface area contributed by atoms with Crippen LogP contribution in [0.1, 0.15) is 296 Å². The maximum Gasteiger partial charge on any atom is 0.220 e. The molecule has 2 saturated heterocycles. The topological polar surface area (TPSA) is 228 Å². The van der Waals surface area contributed by atoms with Gasteiger partial charge in [-0.05, 0) is 70.6 Å². The van der Waals surface area contributed by atoms with Gasteiger partial charge in [-0.2, -0.15) is 0 Å². The summed E-state index contributed by atoms with van der Waals surface area (Å²) < 4.78 is 22.9. The molecule has 0 aromatic rings. The van der Waals surface area contributed by atoms with Crippen molar-refractivity contribution < 1.29 is 64.6 Å². The summed E-state index contributed by atoms with van der Waals surface area (Å²) in [6.07, 6.45) is 66.4. The molecule has 2 aliphatic heterocycles. The predicted molar refractivity (Wildman–Crippen MR) is 369 cm³/mol. The predicted octanol–water partition coefficient (Wildman–Crippen LogP) is 15.6. The van der Waals surface area contributed by atoms with E-state index in [0.717, 1.165) is 96.3 Å². The maximum atomic E-state index is 13.3. The summed E-state index contributed by atoms with van der Waals surface area (Å²) in [5.74, 6) is -0.254. The molecule has 1 amide bonds. The number of ether oxygens (including phenoxy) is 4. The minimum atomic E-state index is -1.79. The van der Waals surface area contributed by atoms with Gasteiger partial charge in [0.25, 0.3) is 0 Å². The van der Waals surface area contributed by atoms with E-state index in [9.17, 15) is 45.6 Å². The van der Waals surface area contributed by atoms with Crippen molar-refractivity contribution in [1.29, 1.82) is 0 Å². The smallest absolute Gasteiger partial charge is 0.220 e. The van der Waals surface area contributed by atoms with E-state index < -0.39 is 86.8 Å². The first-order valence-corrected chi connectivity index (χ1v) is 36.8. The van der Waals surface area contributed by atoms with Gasteiger partial charge >= 0.3 is 0 Å². The zero-order valence-electron chi connectivity index (χ0n) is 56.9. The third-order valence-corrected chi connectivity index (χ3v) is 17.6. The van der Waals surface area contributed by atoms with Crippen molar-refractivity contribution in [2.75, 3.05) is 19.8 Å². The van der Waals surface area contributed by atoms with Gasteiger partial charge in [0.2, 0.25) is 5.91 Å². The van der Waals surface area contributed by atoms with Crippen molar-refractivity contribution in [3.63, 3.8) is 0 Å². The third-order valence-electron chi connectivity index (χ3n) is 17.6. The minimum absolute atomic E-state index is 0.254. The van der Waals surface area contributed by atoms with E-state index in [1.54, 1.807) is 6.08 Å². The molecule has 0 saturated carbocycles. The molecule has 0 spiro atoms. The Labute approximate surface area is 548 Å². The van der Waals surface area contributed by atoms with E-state index in [4.69, 9.17) is 18.9 Å². The lowest BCUT2D eigenvalue weighted by molar-refractivity contribution is -0.359. The van der Waals surface area contributed by atoms with E-state index >= 15 is 0 Å². The average molecular weight is 1270 g/mol. The number of allylic oxidation sites excluding steroid dienone is 13. The Morgan fingerprint density at radius 2 is 0.767 bits per heavy atom. The average Bonchev–Trinajstić information content (AvgIpc) is 1.41. The second-order valence-electron chi connectivity index (χ2n) is 25.7. The monoisotopic (exact) mass is 1270 g/mol. The normalized spacial score (nSPS) is 23.4. The van der Waals surface area contributed by atoms with E-state index in [1.807, 2.05) is 6.08 Å². The van der Waals surface area contributed by atoms with Crippen LogP contribution in [0.3, 0.4) is 0 Å². The summed E-state index contributed by atoms with van der Waals surface area (Å²) >= 11 is 0. The SMILES string of the molecule is CC/C=C\C/C=C\C/C=C\C/C=C\C/C=C\C/C=C\CCCCCCCCC(=O)NC(COC1OC(CO)C(OC2OC(CO)C(O)C(O)C2O)C(O)C1O)C(O)/C=C/CCCCCCCCCCCCCCCCCCCCCCCCCCCCCCC. The van der Waals surface area contributed by atoms with Crippen LogP contribution in [0.25, 0.3) is 0 Å². The van der Waals surface area contributed by atoms with Crippen molar-refractivity contribution in [2.24, 2.45) is 0 Å². The number of aliphatic hydroxyl groups excluding tert-OH is 8. The molecule has 0 aromatic carbocycles. The zero-order chi connectivity index (χ0) is 65.2. The lowest BCUT2D eigenvalue weighted by Gasteiger charge is -2.46. The number of rotatable bonds is 60. The van der Waals surface area contributed by atoms with E-state index in [2.05, 4.69) is 92.1 Å². The molecule has 12 unspecified atom stereocenters. The van der Waals surface area contributed by atoms with E-state index in [-0.39, 0.29) is 18.9 Å². The zero-order valence-corrected chi connectivity index (χ0v) is 56.9. The van der Waals surface area contributed by atoms with Crippen LogP contribution in [0.15, 0.2) is 85.1 Å². The molecule has 0 bridgehead atoms. The molecule has 14 nitrogen and oxygen atoms in total. The molecule has 0 aromatic heterocycles. The van der Waals surface area contributed by atoms with Gasteiger partial charge in [-0.15, -0.1) is 0 Å². The number of hydrogen-bond donors (Lipinski definition) is 9. The number of carbonyl (C=O) groups excluding carboxylic acids is 1. The summed E-state index contributed by atoms with van der Waals surface area (Å²) in [7, 11) is 0. The second kappa shape index (κ2) is 59.9. The molecule has 14 heteroatoms. The number of unbranched alkanes of at least 4 members (excludes halogenated alkanes) is 35. The fourth-order valence-electron chi connectivity index (χ4n) is 11.8. The van der Waals surface area contributed by atoms with Crippen molar-refractivity contribution in [1.82, 2.24) is 5.32 Å². The summed E-state index contributed by atoms with van der Waals surface area (Å²) in [4.78, 5) is 13.3. The third kappa shape index (κ3) is 43.2. The molecule has 0 radical (unpaired) electrons. The summed E-state index contributed by atoms with van der Waals surface area (Å²) in [6, 6.07) is -0.931. The fraction of sp³-hybridized carbons (Fsp3) is 0.803. The standard InChI is InChI=1S/C76H135NO13/c1-3-5-7-9-11-13-15-17-19-21-23-25-27-29-30-31-32-33-34-36-37-39-41-43-45-47-49-51-53-55-57-59-65(80)64(63-87-75-73(86)71(84)74(67(62-79)89-75)90-76-72(85)70(83)69(82)66(61-78)88-76)77-68(81)60-58-56-54-52-50-48-46-44-42-40-38-35-28-26-24-22-20-18-16-14-12-10-8-6-4-2/h6,8,12,14,18,20,24,26,35,38,42,44,57,59,64-67,69-76,78-80,82-86H,3-5,7,9-11,13,15-17,19,21-23,25,27-34,36-37,39-41,43,45-56,58,60-63H2,1-2H3,(H,77,81)/b8-6-,14-12-,20-18-,26-24-,38-35-,44-42-,59-57+. The van der Waals surface area contributed by atoms with Gasteiger partial charge in [-0.25, -0.2) is 0 Å². The molecule has 2 aliphatic rings. The quantitative estimate of drug-likeness (QED) is 0.0204. The van der Waals surface area contributed by atoms with E-state index in [1.165, 1.54) is 173 Å². The van der Waals surface area contributed by atoms with Crippen LogP contribution >= 0.6 is 0 Å². The Morgan fingerprint density at radius 1 is 0.411 bits per heavy atom. The van der Waals surface area contributed by atoms with Gasteiger partial charge in [-0.3, -0.25) is 4.79 Å². The summed E-state index contributed by atoms with van der Waals surface area (Å²) in [6.45, 7) is 2.70. The van der Waals surface area contributed by atoms with Crippen LogP contribution in [0.5, 0.6) is 0 Å². The molecule has 2 heterocycles. The van der Waals surface area contributed by atoms with Crippen LogP contribution in [-0.4, -0.2) is 140 Å². The van der Waals surface area contributed by atoms with Crippen molar-refractivity contribution in [3.05, 3.63) is 85.1 Å². The molecule has 9 N–H and O–H groups in total. The molecule has 2 rings (SSSR count). The lowest BCUT2D eigenvalue weighted by atomic mass is 9.97. The number of amides is 1. The Bertz CT molecular complexity index is 1830. The molecule has 0 aliphatic carbocycles. The van der Waals surface area contributed by atoms with Crippen LogP contribution in [0.2, 0.25) is 0 Å². The molecule has 522 valence electrons. The van der Waals surface area contributed by atoms with Crippen molar-refractivity contribution in [3.8, 4) is 0 Å². The van der Waals surface area contributed by atoms with Crippen LogP contribution < -0.4 is 5.32 Å². The van der Waals surface area contributed by atoms with Crippen molar-refractivity contribution >= 4 is 5.91 Å². The van der Waals surface area contributed by atoms with Crippen LogP contribution in [-0.2, 0) is 23.7 Å². The molecule has 12 atom stereocenters. The fourth-order valence-corrected chi connectivity index (χ4v) is 11.8. The van der Waals surface area contributed by atoms with Gasteiger partial charge in [0.15, 0.2) is 12.6 Å². The van der Waals surface area contributed by atoms with Gasteiger partial charge < -0.3 is 65.1 Å². The molecular weight excluding hydrogens is 1130 g/mol. The molecule has 2 fully saturated rings. The first-order chi connectivity index (χ1) is 44.1. The van der Waals surface area contributed by atoms with Gasteiger partial charge in [0.1, 0.15) is 48.8 Å². The summed E-state index contributed by atoms with van der Waals surface area (Å²) in [5, 5.41) is 87.5. The van der Waals surface area contributed by atoms with Gasteiger partial charge in [-0.1, -0.05) is 304 Å². The first-order valence-electron chi connectivity index (χ1n) is 36.8. The number of nitrogens with one attached hydrogen (secondary N) is 1. The highest BCUT2D eigenvalue weighted by molar-refractivity contribution is 5.76. The van der Waals surface area contributed by atoms with Crippen LogP contribution in [0.4, 0.5) is 0 Å². The number of hydrogen-bond acceptors (Lipinski definition) is 13. The Balaban J connectivity index is 1.67. The molecular formula is C76H135NO13. The lowest BCUT2D eigenvalue weighted by Crippen LogP contribution is -2.65. The number of aliphatic hydroxyl groups is 8. The number of carbonyl (C=O) groups is 1. The van der Waals surface area contributed by atoms with Gasteiger partial charge in [0, 0.05) is 6.42 Å². The summed E-state index contributed by atoms with van der Waals surface area (Å²) in [5.41, 5.74) is 0. The molecule has 90 heavy (non-hydrogen) atoms. The van der Waals surface area contributed by atoms with E-state index in [0.29, 0.717) is 6.42 Å². The Kier molecular flexibility index (Phi) is 55.4. The van der Waals surface area contributed by atoms with Crippen LogP contribution in [0, 0.1) is 0 Å². The minimum Gasteiger partial charge on any atom is -0.394 e. The first kappa shape index (κ1) is 83.3.